The summed E-state index contributed by atoms with van der Waals surface area (Å²) in [7, 11) is 1.54. The molecule has 0 bridgehead atoms. The van der Waals surface area contributed by atoms with Crippen molar-refractivity contribution in [3.05, 3.63) is 35.7 Å². The molecule has 1 rings (SSSR count). The summed E-state index contributed by atoms with van der Waals surface area (Å²) in [5, 5.41) is 17.0. The summed E-state index contributed by atoms with van der Waals surface area (Å²) >= 11 is 0. The lowest BCUT2D eigenvalue weighted by Gasteiger charge is -2.02. The fraction of sp³-hybridized carbons (Fsp3) is 0.308. The number of aliphatic hydroxyl groups is 1. The molecule has 0 atom stereocenters. The molecule has 0 heterocycles. The second-order valence-electron chi connectivity index (χ2n) is 3.56. The second kappa shape index (κ2) is 7.15. The average Bonchev–Trinajstić information content (AvgIpc) is 2.39. The van der Waals surface area contributed by atoms with E-state index >= 15 is 0 Å². The van der Waals surface area contributed by atoms with E-state index in [9.17, 15) is 9.90 Å². The molecule has 6 nitrogen and oxygen atoms in total. The third kappa shape index (κ3) is 4.42. The van der Waals surface area contributed by atoms with E-state index < -0.39 is 5.97 Å². The predicted octanol–water partition coefficient (Wildman–Crippen LogP) is 3.13. The molecule has 1 aromatic carbocycles. The van der Waals surface area contributed by atoms with Crippen molar-refractivity contribution in [2.75, 3.05) is 13.7 Å². The minimum Gasteiger partial charge on any atom is -0.510 e. The molecule has 1 N–H and O–H groups in total. The fourth-order valence-corrected chi connectivity index (χ4v) is 1.24. The molecule has 0 saturated heterocycles. The number of methoxy groups -OCH3 is 1. The van der Waals surface area contributed by atoms with Crippen LogP contribution < -0.4 is 4.74 Å². The van der Waals surface area contributed by atoms with Crippen molar-refractivity contribution in [3.8, 4) is 5.75 Å². The highest BCUT2D eigenvalue weighted by atomic mass is 16.5. The van der Waals surface area contributed by atoms with Crippen molar-refractivity contribution in [1.29, 1.82) is 0 Å². The molecule has 6 heteroatoms. The second-order valence-corrected chi connectivity index (χ2v) is 3.56. The molecular formula is C13H16N2O4. The molecule has 0 spiro atoms. The van der Waals surface area contributed by atoms with Crippen LogP contribution in [0.1, 0.15) is 13.8 Å². The largest absolute Gasteiger partial charge is 0.510 e. The van der Waals surface area contributed by atoms with Crippen LogP contribution in [0.25, 0.3) is 0 Å². The van der Waals surface area contributed by atoms with E-state index in [4.69, 9.17) is 9.47 Å². The molecule has 0 fully saturated rings. The van der Waals surface area contributed by atoms with E-state index in [1.165, 1.54) is 14.0 Å². The molecule has 102 valence electrons. The topological polar surface area (TPSA) is 80.5 Å². The first-order valence-electron chi connectivity index (χ1n) is 5.71. The summed E-state index contributed by atoms with van der Waals surface area (Å²) in [6, 6.07) is 6.85. The zero-order valence-corrected chi connectivity index (χ0v) is 11.1. The number of hydrogen-bond donors (Lipinski definition) is 1. The number of aliphatic hydroxyl groups excluding tert-OH is 1. The Labute approximate surface area is 111 Å². The summed E-state index contributed by atoms with van der Waals surface area (Å²) in [6.45, 7) is 3.21. The van der Waals surface area contributed by atoms with Gasteiger partial charge in [0.2, 0.25) is 5.70 Å². The maximum absolute atomic E-state index is 11.5. The van der Waals surface area contributed by atoms with E-state index in [1.807, 2.05) is 0 Å². The molecule has 0 aliphatic carbocycles. The van der Waals surface area contributed by atoms with Gasteiger partial charge in [0.05, 0.1) is 19.4 Å². The number of rotatable bonds is 5. The number of azo groups is 1. The third-order valence-electron chi connectivity index (χ3n) is 2.13. The van der Waals surface area contributed by atoms with Crippen LogP contribution in [0, 0.1) is 0 Å². The number of esters is 1. The molecule has 0 amide bonds. The first kappa shape index (κ1) is 14.7. The lowest BCUT2D eigenvalue weighted by Crippen LogP contribution is -2.07. The van der Waals surface area contributed by atoms with Crippen molar-refractivity contribution >= 4 is 11.7 Å². The maximum atomic E-state index is 11.5. The Hall–Kier alpha value is -2.37. The summed E-state index contributed by atoms with van der Waals surface area (Å²) < 4.78 is 9.80. The van der Waals surface area contributed by atoms with E-state index in [2.05, 4.69) is 10.2 Å². The Balaban J connectivity index is 2.93. The van der Waals surface area contributed by atoms with Gasteiger partial charge >= 0.3 is 5.97 Å². The van der Waals surface area contributed by atoms with Crippen molar-refractivity contribution in [3.63, 3.8) is 0 Å². The van der Waals surface area contributed by atoms with Gasteiger partial charge in [-0.25, -0.2) is 4.79 Å². The molecule has 1 aromatic rings. The van der Waals surface area contributed by atoms with Gasteiger partial charge in [-0.1, -0.05) is 6.07 Å². The highest BCUT2D eigenvalue weighted by molar-refractivity contribution is 5.88. The maximum Gasteiger partial charge on any atom is 0.362 e. The van der Waals surface area contributed by atoms with Crippen LogP contribution in [0.5, 0.6) is 5.75 Å². The van der Waals surface area contributed by atoms with Crippen LogP contribution in [0.4, 0.5) is 5.69 Å². The number of nitrogens with zero attached hydrogens (tertiary/aromatic N) is 2. The van der Waals surface area contributed by atoms with Crippen LogP contribution in [0.15, 0.2) is 46.0 Å². The van der Waals surface area contributed by atoms with Crippen molar-refractivity contribution in [1.82, 2.24) is 0 Å². The van der Waals surface area contributed by atoms with Crippen molar-refractivity contribution in [2.45, 2.75) is 13.8 Å². The Bertz CT molecular complexity index is 505. The molecule has 0 saturated carbocycles. The van der Waals surface area contributed by atoms with Gasteiger partial charge in [-0.3, -0.25) is 0 Å². The van der Waals surface area contributed by atoms with Crippen LogP contribution >= 0.6 is 0 Å². The Kier molecular flexibility index (Phi) is 5.53. The van der Waals surface area contributed by atoms with Crippen molar-refractivity contribution < 1.29 is 19.4 Å². The molecule has 0 radical (unpaired) electrons. The molecule has 0 aliphatic heterocycles. The number of ether oxygens (including phenoxy) is 2. The summed E-state index contributed by atoms with van der Waals surface area (Å²) in [4.78, 5) is 11.5. The van der Waals surface area contributed by atoms with E-state index in [0.29, 0.717) is 11.4 Å². The van der Waals surface area contributed by atoms with E-state index in [1.54, 1.807) is 31.2 Å². The van der Waals surface area contributed by atoms with Crippen LogP contribution in [-0.2, 0) is 9.53 Å². The van der Waals surface area contributed by atoms with Gasteiger partial charge in [0, 0.05) is 6.07 Å². The smallest absolute Gasteiger partial charge is 0.362 e. The zero-order chi connectivity index (χ0) is 14.3. The molecule has 0 aromatic heterocycles. The lowest BCUT2D eigenvalue weighted by atomic mass is 10.3. The normalized spacial score (nSPS) is 12.2. The number of hydrogen-bond acceptors (Lipinski definition) is 6. The van der Waals surface area contributed by atoms with Gasteiger partial charge in [0.1, 0.15) is 11.5 Å². The first-order valence-corrected chi connectivity index (χ1v) is 5.71. The highest BCUT2D eigenvalue weighted by Gasteiger charge is 2.13. The average molecular weight is 264 g/mol. The molecule has 0 aliphatic rings. The Morgan fingerprint density at radius 2 is 2.16 bits per heavy atom. The van der Waals surface area contributed by atoms with Gasteiger partial charge in [0.15, 0.2) is 0 Å². The number of carbonyl (C=O) groups is 1. The molecular weight excluding hydrogens is 248 g/mol. The van der Waals surface area contributed by atoms with Gasteiger partial charge in [-0.2, -0.15) is 5.11 Å². The predicted molar refractivity (Wildman–Crippen MR) is 69.5 cm³/mol. The van der Waals surface area contributed by atoms with Gasteiger partial charge in [-0.15, -0.1) is 5.11 Å². The van der Waals surface area contributed by atoms with Crippen LogP contribution in [-0.4, -0.2) is 24.8 Å². The van der Waals surface area contributed by atoms with Crippen molar-refractivity contribution in [2.24, 2.45) is 10.2 Å². The highest BCUT2D eigenvalue weighted by Crippen LogP contribution is 2.21. The minimum absolute atomic E-state index is 0.199. The van der Waals surface area contributed by atoms with Gasteiger partial charge < -0.3 is 14.6 Å². The van der Waals surface area contributed by atoms with Crippen LogP contribution in [0.3, 0.4) is 0 Å². The quantitative estimate of drug-likeness (QED) is 0.383. The Morgan fingerprint density at radius 3 is 2.74 bits per heavy atom. The lowest BCUT2D eigenvalue weighted by molar-refractivity contribution is -0.138. The van der Waals surface area contributed by atoms with Crippen LogP contribution in [0.2, 0.25) is 0 Å². The fourth-order valence-electron chi connectivity index (χ4n) is 1.24. The summed E-state index contributed by atoms with van der Waals surface area (Å²) in [5.74, 6) is -0.335. The van der Waals surface area contributed by atoms with E-state index in [-0.39, 0.29) is 18.1 Å². The monoisotopic (exact) mass is 264 g/mol. The standard InChI is InChI=1S/C13H16N2O4/c1-4-19-13(17)12(9(2)16)15-14-10-6-5-7-11(8-10)18-3/h5-8,16H,4H2,1-3H3/b12-9-,15-14?. The Morgan fingerprint density at radius 1 is 1.42 bits per heavy atom. The van der Waals surface area contributed by atoms with E-state index in [0.717, 1.165) is 0 Å². The summed E-state index contributed by atoms with van der Waals surface area (Å²) in [5.41, 5.74) is 0.284. The SMILES string of the molecule is CCOC(=O)/C(N=Nc1cccc(OC)c1)=C(\C)O. The zero-order valence-electron chi connectivity index (χ0n) is 11.1. The van der Waals surface area contributed by atoms with Gasteiger partial charge in [0.25, 0.3) is 0 Å². The minimum atomic E-state index is -0.714. The third-order valence-corrected chi connectivity index (χ3v) is 2.13. The molecule has 19 heavy (non-hydrogen) atoms. The number of allylic oxidation sites excluding steroid dienone is 1. The molecule has 0 unspecified atom stereocenters. The first-order chi connectivity index (χ1) is 9.08. The number of carbonyl (C=O) groups excluding carboxylic acids is 1. The van der Waals surface area contributed by atoms with Gasteiger partial charge in [-0.05, 0) is 26.0 Å². The summed E-state index contributed by atoms with van der Waals surface area (Å²) in [6.07, 6.45) is 0. The number of benzene rings is 1.